The van der Waals surface area contributed by atoms with Crippen LogP contribution >= 0.6 is 0 Å². The first-order chi connectivity index (χ1) is 7.47. The topological polar surface area (TPSA) is 42.4 Å². The Labute approximate surface area is 97.5 Å². The molecule has 0 bridgehead atoms. The number of hydrogen-bond donors (Lipinski definition) is 1. The van der Waals surface area contributed by atoms with Gasteiger partial charge in [-0.1, -0.05) is 6.07 Å². The number of nitrogens with zero attached hydrogens (tertiary/aromatic N) is 1. The van der Waals surface area contributed by atoms with Gasteiger partial charge < -0.3 is 9.84 Å². The predicted octanol–water partition coefficient (Wildman–Crippen LogP) is 2.19. The minimum Gasteiger partial charge on any atom is -0.391 e. The first kappa shape index (κ1) is 13.1. The fraction of sp³-hybridized carbons (Fsp3) is 0.615. The molecule has 1 rings (SSSR count). The highest BCUT2D eigenvalue weighted by molar-refractivity contribution is 5.08. The number of aryl methyl sites for hydroxylation is 1. The van der Waals surface area contributed by atoms with Crippen LogP contribution in [0.1, 0.15) is 32.8 Å². The van der Waals surface area contributed by atoms with Crippen molar-refractivity contribution in [2.75, 3.05) is 6.61 Å². The minimum atomic E-state index is -0.403. The zero-order valence-corrected chi connectivity index (χ0v) is 10.3. The molecule has 1 N–H and O–H groups in total. The molecule has 0 aromatic carbocycles. The van der Waals surface area contributed by atoms with E-state index in [2.05, 4.69) is 4.98 Å². The molecule has 0 saturated heterocycles. The van der Waals surface area contributed by atoms with Gasteiger partial charge in [0, 0.05) is 12.4 Å². The summed E-state index contributed by atoms with van der Waals surface area (Å²) >= 11 is 0. The molecule has 1 heterocycles. The second kappa shape index (κ2) is 5.97. The number of aliphatic hydroxyl groups is 1. The Morgan fingerprint density at radius 3 is 2.75 bits per heavy atom. The Morgan fingerprint density at radius 2 is 2.19 bits per heavy atom. The molecule has 0 spiro atoms. The van der Waals surface area contributed by atoms with Crippen LogP contribution in [0.3, 0.4) is 0 Å². The summed E-state index contributed by atoms with van der Waals surface area (Å²) in [5.41, 5.74) is 0.965. The second-order valence-corrected chi connectivity index (χ2v) is 4.98. The van der Waals surface area contributed by atoms with Crippen LogP contribution in [0, 0.1) is 0 Å². The van der Waals surface area contributed by atoms with Crippen molar-refractivity contribution in [3.63, 3.8) is 0 Å². The second-order valence-electron chi connectivity index (χ2n) is 4.98. The summed E-state index contributed by atoms with van der Waals surface area (Å²) in [6.07, 6.45) is 4.73. The van der Waals surface area contributed by atoms with Crippen LogP contribution < -0.4 is 0 Å². The van der Waals surface area contributed by atoms with E-state index in [1.807, 2.05) is 39.1 Å². The molecule has 0 aliphatic rings. The van der Waals surface area contributed by atoms with Crippen LogP contribution in [0.4, 0.5) is 0 Å². The molecular formula is C13H21NO2. The highest BCUT2D eigenvalue weighted by Gasteiger charge is 2.13. The first-order valence-corrected chi connectivity index (χ1v) is 5.68. The number of rotatable bonds is 5. The largest absolute Gasteiger partial charge is 0.391 e. The highest BCUT2D eigenvalue weighted by atomic mass is 16.5. The van der Waals surface area contributed by atoms with Crippen molar-refractivity contribution in [1.82, 2.24) is 4.98 Å². The Morgan fingerprint density at radius 1 is 1.44 bits per heavy atom. The number of hydrogen-bond acceptors (Lipinski definition) is 3. The lowest BCUT2D eigenvalue weighted by Crippen LogP contribution is -2.26. The Bertz CT molecular complexity index is 293. The van der Waals surface area contributed by atoms with Crippen molar-refractivity contribution in [2.24, 2.45) is 0 Å². The third kappa shape index (κ3) is 5.83. The van der Waals surface area contributed by atoms with E-state index < -0.39 is 6.10 Å². The van der Waals surface area contributed by atoms with Crippen molar-refractivity contribution < 1.29 is 9.84 Å². The molecule has 3 heteroatoms. The standard InChI is InChI=1S/C13H21NO2/c1-13(2,3)16-10-12(15)7-6-11-5-4-8-14-9-11/h4-5,8-9,12,15H,6-7,10H2,1-3H3. The van der Waals surface area contributed by atoms with Gasteiger partial charge in [0.15, 0.2) is 0 Å². The van der Waals surface area contributed by atoms with Gasteiger partial charge in [0.1, 0.15) is 0 Å². The normalized spacial score (nSPS) is 13.8. The maximum Gasteiger partial charge on any atom is 0.0777 e. The molecule has 1 aromatic rings. The van der Waals surface area contributed by atoms with Gasteiger partial charge in [-0.05, 0) is 45.2 Å². The molecule has 1 atom stereocenters. The molecule has 0 amide bonds. The van der Waals surface area contributed by atoms with E-state index in [1.165, 1.54) is 0 Å². The molecule has 16 heavy (non-hydrogen) atoms. The molecule has 0 aliphatic carbocycles. The molecule has 90 valence electrons. The molecule has 0 aliphatic heterocycles. The lowest BCUT2D eigenvalue weighted by atomic mass is 10.1. The van der Waals surface area contributed by atoms with Crippen molar-refractivity contribution in [3.05, 3.63) is 30.1 Å². The smallest absolute Gasteiger partial charge is 0.0777 e. The van der Waals surface area contributed by atoms with E-state index in [9.17, 15) is 5.11 Å². The SMILES string of the molecule is CC(C)(C)OCC(O)CCc1cccnc1. The van der Waals surface area contributed by atoms with Crippen molar-refractivity contribution >= 4 is 0 Å². The molecule has 1 aromatic heterocycles. The zero-order valence-electron chi connectivity index (χ0n) is 10.3. The van der Waals surface area contributed by atoms with Gasteiger partial charge in [0.2, 0.25) is 0 Å². The van der Waals surface area contributed by atoms with Gasteiger partial charge in [0.25, 0.3) is 0 Å². The summed E-state index contributed by atoms with van der Waals surface area (Å²) in [7, 11) is 0. The average Bonchev–Trinajstić information content (AvgIpc) is 2.24. The number of ether oxygens (including phenoxy) is 1. The lowest BCUT2D eigenvalue weighted by molar-refractivity contribution is -0.0503. The van der Waals surface area contributed by atoms with Crippen LogP contribution in [-0.2, 0) is 11.2 Å². The third-order valence-corrected chi connectivity index (χ3v) is 2.20. The van der Waals surface area contributed by atoms with Crippen LogP contribution in [0.15, 0.2) is 24.5 Å². The molecule has 0 fully saturated rings. The number of aromatic nitrogens is 1. The van der Waals surface area contributed by atoms with E-state index in [0.29, 0.717) is 13.0 Å². The van der Waals surface area contributed by atoms with Crippen LogP contribution in [0.2, 0.25) is 0 Å². The molecular weight excluding hydrogens is 202 g/mol. The Kier molecular flexibility index (Phi) is 4.90. The Hall–Kier alpha value is -0.930. The summed E-state index contributed by atoms with van der Waals surface area (Å²) in [5, 5.41) is 9.73. The number of aliphatic hydroxyl groups excluding tert-OH is 1. The van der Waals surface area contributed by atoms with Crippen LogP contribution in [0.5, 0.6) is 0 Å². The van der Waals surface area contributed by atoms with Gasteiger partial charge in [0.05, 0.1) is 18.3 Å². The van der Waals surface area contributed by atoms with Crippen LogP contribution in [-0.4, -0.2) is 28.4 Å². The fourth-order valence-corrected chi connectivity index (χ4v) is 1.31. The molecule has 0 radical (unpaired) electrons. The fourth-order valence-electron chi connectivity index (χ4n) is 1.31. The van der Waals surface area contributed by atoms with Gasteiger partial charge in [-0.2, -0.15) is 0 Å². The number of pyridine rings is 1. The summed E-state index contributed by atoms with van der Waals surface area (Å²) in [6, 6.07) is 3.93. The Balaban J connectivity index is 2.23. The van der Waals surface area contributed by atoms with Gasteiger partial charge >= 0.3 is 0 Å². The first-order valence-electron chi connectivity index (χ1n) is 5.68. The molecule has 3 nitrogen and oxygen atoms in total. The summed E-state index contributed by atoms with van der Waals surface area (Å²) < 4.78 is 5.51. The van der Waals surface area contributed by atoms with E-state index in [0.717, 1.165) is 12.0 Å². The van der Waals surface area contributed by atoms with Crippen LogP contribution in [0.25, 0.3) is 0 Å². The molecule has 0 saturated carbocycles. The van der Waals surface area contributed by atoms with E-state index >= 15 is 0 Å². The van der Waals surface area contributed by atoms with E-state index in [4.69, 9.17) is 4.74 Å². The molecule has 1 unspecified atom stereocenters. The zero-order chi connectivity index (χ0) is 12.0. The minimum absolute atomic E-state index is 0.185. The van der Waals surface area contributed by atoms with Crippen molar-refractivity contribution in [3.8, 4) is 0 Å². The van der Waals surface area contributed by atoms with Gasteiger partial charge in [-0.25, -0.2) is 0 Å². The highest BCUT2D eigenvalue weighted by Crippen LogP contribution is 2.09. The summed E-state index contributed by atoms with van der Waals surface area (Å²) in [5.74, 6) is 0. The van der Waals surface area contributed by atoms with E-state index in [-0.39, 0.29) is 5.60 Å². The maximum absolute atomic E-state index is 9.73. The summed E-state index contributed by atoms with van der Waals surface area (Å²) in [6.45, 7) is 6.35. The van der Waals surface area contributed by atoms with Gasteiger partial charge in [-0.15, -0.1) is 0 Å². The average molecular weight is 223 g/mol. The third-order valence-electron chi connectivity index (χ3n) is 2.20. The maximum atomic E-state index is 9.73. The van der Waals surface area contributed by atoms with Crippen molar-refractivity contribution in [1.29, 1.82) is 0 Å². The monoisotopic (exact) mass is 223 g/mol. The quantitative estimate of drug-likeness (QED) is 0.832. The lowest BCUT2D eigenvalue weighted by Gasteiger charge is -2.21. The van der Waals surface area contributed by atoms with E-state index in [1.54, 1.807) is 6.20 Å². The van der Waals surface area contributed by atoms with Crippen molar-refractivity contribution in [2.45, 2.75) is 45.3 Å². The van der Waals surface area contributed by atoms with Gasteiger partial charge in [-0.3, -0.25) is 4.98 Å². The predicted molar refractivity (Wildman–Crippen MR) is 64.3 cm³/mol. The summed E-state index contributed by atoms with van der Waals surface area (Å²) in [4.78, 5) is 4.03.